The van der Waals surface area contributed by atoms with E-state index in [4.69, 9.17) is 26.3 Å². The van der Waals surface area contributed by atoms with Crippen LogP contribution in [-0.4, -0.2) is 114 Å². The highest BCUT2D eigenvalue weighted by molar-refractivity contribution is 6.24. The van der Waals surface area contributed by atoms with Crippen molar-refractivity contribution >= 4 is 45.5 Å². The van der Waals surface area contributed by atoms with Gasteiger partial charge in [-0.1, -0.05) is 12.1 Å². The highest BCUT2D eigenvalue weighted by Gasteiger charge is 2.29. The van der Waals surface area contributed by atoms with E-state index in [0.29, 0.717) is 22.8 Å². The highest BCUT2D eigenvalue weighted by atomic mass is 15.4. The SMILES string of the molecule is CCN(CCN(C)C)c1nn2ccccc2c1N=C1C=C(Nc2c(N3CC[N+](C)(C)CC3)nn3ccccc23)C(=N)C=C1N. The van der Waals surface area contributed by atoms with Crippen molar-refractivity contribution in [2.24, 2.45) is 10.7 Å². The zero-order valence-corrected chi connectivity index (χ0v) is 26.3. The van der Waals surface area contributed by atoms with E-state index in [9.17, 15) is 0 Å². The Morgan fingerprint density at radius 1 is 0.977 bits per heavy atom. The molecule has 0 amide bonds. The Kier molecular flexibility index (Phi) is 7.87. The van der Waals surface area contributed by atoms with Gasteiger partial charge in [0, 0.05) is 32.0 Å². The fourth-order valence-electron chi connectivity index (χ4n) is 5.63. The second-order valence-electron chi connectivity index (χ2n) is 12.4. The number of fused-ring (bicyclic) bond motifs is 2. The van der Waals surface area contributed by atoms with E-state index in [2.05, 4.69) is 55.1 Å². The molecule has 5 heterocycles. The molecule has 0 bridgehead atoms. The number of aromatic nitrogens is 4. The molecule has 0 aromatic carbocycles. The molecule has 1 saturated heterocycles. The maximum absolute atomic E-state index is 8.85. The van der Waals surface area contributed by atoms with Gasteiger partial charge in [0.15, 0.2) is 11.6 Å². The lowest BCUT2D eigenvalue weighted by Gasteiger charge is -2.39. The fourth-order valence-corrected chi connectivity index (χ4v) is 5.63. The molecule has 6 rings (SSSR count). The van der Waals surface area contributed by atoms with Gasteiger partial charge >= 0.3 is 0 Å². The lowest BCUT2D eigenvalue weighted by Crippen LogP contribution is -2.55. The minimum absolute atomic E-state index is 0.292. The summed E-state index contributed by atoms with van der Waals surface area (Å²) in [5.41, 5.74) is 11.9. The fraction of sp³-hybridized carbons (Fsp3) is 0.375. The lowest BCUT2D eigenvalue weighted by atomic mass is 10.0. The zero-order valence-electron chi connectivity index (χ0n) is 26.3. The Hall–Kier alpha value is -4.68. The smallest absolute Gasteiger partial charge is 0.177 e. The van der Waals surface area contributed by atoms with Crippen LogP contribution in [0.25, 0.3) is 11.0 Å². The molecule has 1 aliphatic carbocycles. The topological polar surface area (TPSA) is 119 Å². The van der Waals surface area contributed by atoms with Crippen LogP contribution in [0.4, 0.5) is 23.0 Å². The Morgan fingerprint density at radius 2 is 1.66 bits per heavy atom. The van der Waals surface area contributed by atoms with E-state index in [-0.39, 0.29) is 0 Å². The van der Waals surface area contributed by atoms with Crippen molar-refractivity contribution in [1.82, 2.24) is 24.1 Å². The van der Waals surface area contributed by atoms with Gasteiger partial charge in [-0.15, -0.1) is 10.2 Å². The number of pyridine rings is 2. The summed E-state index contributed by atoms with van der Waals surface area (Å²) in [5.74, 6) is 1.69. The van der Waals surface area contributed by atoms with Gasteiger partial charge in [0.1, 0.15) is 11.4 Å². The molecule has 1 aliphatic heterocycles. The summed E-state index contributed by atoms with van der Waals surface area (Å²) >= 11 is 0. The number of quaternary nitrogens is 1. The quantitative estimate of drug-likeness (QED) is 0.201. The average Bonchev–Trinajstić information content (AvgIpc) is 3.54. The molecule has 12 heteroatoms. The van der Waals surface area contributed by atoms with Crippen LogP contribution in [0.2, 0.25) is 0 Å². The Bertz CT molecular complexity index is 1780. The molecular weight excluding hydrogens is 552 g/mol. The lowest BCUT2D eigenvalue weighted by molar-refractivity contribution is -0.890. The molecule has 1 fully saturated rings. The van der Waals surface area contributed by atoms with Crippen molar-refractivity contribution in [3.05, 3.63) is 72.3 Å². The summed E-state index contributed by atoms with van der Waals surface area (Å²) in [6.45, 7) is 8.50. The molecule has 0 radical (unpaired) electrons. The average molecular weight is 596 g/mol. The molecule has 0 spiro atoms. The molecule has 4 aromatic rings. The van der Waals surface area contributed by atoms with Gasteiger partial charge in [-0.25, -0.2) is 14.0 Å². The third-order valence-corrected chi connectivity index (χ3v) is 8.42. The van der Waals surface area contributed by atoms with Crippen molar-refractivity contribution in [2.75, 3.05) is 89.1 Å². The van der Waals surface area contributed by atoms with Crippen LogP contribution in [0, 0.1) is 5.41 Å². The van der Waals surface area contributed by atoms with Gasteiger partial charge in [0.05, 0.1) is 74.1 Å². The zero-order chi connectivity index (χ0) is 31.0. The normalized spacial score (nSPS) is 17.9. The predicted octanol–water partition coefficient (Wildman–Crippen LogP) is 3.21. The van der Waals surface area contributed by atoms with Gasteiger partial charge in [0.25, 0.3) is 0 Å². The van der Waals surface area contributed by atoms with Crippen molar-refractivity contribution in [3.8, 4) is 0 Å². The number of allylic oxidation sites excluding steroid dienone is 2. The largest absolute Gasteiger partial charge is 0.397 e. The molecule has 2 aliphatic rings. The molecule has 44 heavy (non-hydrogen) atoms. The van der Waals surface area contributed by atoms with Crippen LogP contribution in [0.5, 0.6) is 0 Å². The van der Waals surface area contributed by atoms with Crippen molar-refractivity contribution in [1.29, 1.82) is 5.41 Å². The van der Waals surface area contributed by atoms with Crippen LogP contribution in [0.15, 0.2) is 77.3 Å². The van der Waals surface area contributed by atoms with Gasteiger partial charge < -0.3 is 30.2 Å². The van der Waals surface area contributed by atoms with Crippen LogP contribution in [0.1, 0.15) is 6.92 Å². The van der Waals surface area contributed by atoms with E-state index >= 15 is 0 Å². The molecule has 4 aromatic heterocycles. The standard InChI is InChI=1S/C32H43N12/c1-6-40(16-15-39(2)3)31-29(27-11-7-9-13-42(27)37-31)35-25-22-26(24(34)21-23(25)33)36-30-28-12-8-10-14-43(28)38-32(30)41-17-19-44(4,5)20-18-41/h7-14,21-22,34,36H,6,15-20,33H2,1-5H3/q+1. The molecule has 12 nitrogen and oxygen atoms in total. The van der Waals surface area contributed by atoms with E-state index in [0.717, 1.165) is 84.3 Å². The second-order valence-corrected chi connectivity index (χ2v) is 12.4. The van der Waals surface area contributed by atoms with Crippen molar-refractivity contribution < 1.29 is 4.48 Å². The first-order valence-electron chi connectivity index (χ1n) is 15.2. The summed E-state index contributed by atoms with van der Waals surface area (Å²) in [6.07, 6.45) is 7.44. The third kappa shape index (κ3) is 5.78. The number of anilines is 3. The molecular formula is C32H43N12+. The summed E-state index contributed by atoms with van der Waals surface area (Å²) < 4.78 is 4.75. The van der Waals surface area contributed by atoms with Gasteiger partial charge in [-0.2, -0.15) is 0 Å². The van der Waals surface area contributed by atoms with E-state index < -0.39 is 0 Å². The first-order valence-corrected chi connectivity index (χ1v) is 15.2. The van der Waals surface area contributed by atoms with Crippen LogP contribution in [0.3, 0.4) is 0 Å². The second kappa shape index (κ2) is 11.8. The number of likely N-dealkylation sites (N-methyl/N-ethyl adjacent to an activating group) is 3. The summed E-state index contributed by atoms with van der Waals surface area (Å²) in [4.78, 5) is 11.9. The molecule has 230 valence electrons. The number of hydrogen-bond donors (Lipinski definition) is 3. The van der Waals surface area contributed by atoms with Crippen molar-refractivity contribution in [2.45, 2.75) is 6.92 Å². The Labute approximate surface area is 258 Å². The van der Waals surface area contributed by atoms with E-state index in [1.165, 1.54) is 0 Å². The van der Waals surface area contributed by atoms with Gasteiger partial charge in [0.2, 0.25) is 0 Å². The summed E-state index contributed by atoms with van der Waals surface area (Å²) in [6, 6.07) is 12.0. The summed E-state index contributed by atoms with van der Waals surface area (Å²) in [7, 11) is 8.68. The van der Waals surface area contributed by atoms with Gasteiger partial charge in [-0.05, 0) is 57.4 Å². The first-order chi connectivity index (χ1) is 21.1. The maximum atomic E-state index is 8.85. The Morgan fingerprint density at radius 3 is 2.34 bits per heavy atom. The number of nitrogens with one attached hydrogen (secondary N) is 2. The minimum Gasteiger partial charge on any atom is -0.397 e. The molecule has 0 atom stereocenters. The predicted molar refractivity (Wildman–Crippen MR) is 180 cm³/mol. The number of nitrogens with two attached hydrogens (primary N) is 1. The van der Waals surface area contributed by atoms with Crippen LogP contribution >= 0.6 is 0 Å². The number of piperazine rings is 1. The Balaban J connectivity index is 1.40. The minimum atomic E-state index is 0.292. The van der Waals surface area contributed by atoms with E-state index in [1.54, 1.807) is 6.08 Å². The number of nitrogens with zero attached hydrogens (tertiary/aromatic N) is 9. The first kappa shape index (κ1) is 29.4. The van der Waals surface area contributed by atoms with Crippen molar-refractivity contribution in [3.63, 3.8) is 0 Å². The summed E-state index contributed by atoms with van der Waals surface area (Å²) in [5, 5.41) is 22.3. The molecule has 0 unspecified atom stereocenters. The number of rotatable bonds is 9. The number of hydrogen-bond acceptors (Lipinski definition) is 9. The van der Waals surface area contributed by atoms with Gasteiger partial charge in [-0.3, -0.25) is 5.41 Å². The molecule has 0 saturated carbocycles. The van der Waals surface area contributed by atoms with E-state index in [1.807, 2.05) is 63.9 Å². The highest BCUT2D eigenvalue weighted by Crippen LogP contribution is 2.35. The monoisotopic (exact) mass is 595 g/mol. The molecule has 4 N–H and O–H groups in total. The third-order valence-electron chi connectivity index (χ3n) is 8.42. The van der Waals surface area contributed by atoms with Crippen LogP contribution in [-0.2, 0) is 0 Å². The van der Waals surface area contributed by atoms with Crippen LogP contribution < -0.4 is 20.9 Å². The maximum Gasteiger partial charge on any atom is 0.177 e. The number of aliphatic imine (C=N–C) groups is 1.